The number of nitrogens with two attached hydrogens (primary N) is 1. The first-order valence-electron chi connectivity index (χ1n) is 9.00. The Hall–Kier alpha value is -3.22. The Bertz CT molecular complexity index is 1170. The summed E-state index contributed by atoms with van der Waals surface area (Å²) in [5.74, 6) is 1.36. The molecule has 0 radical (unpaired) electrons. The summed E-state index contributed by atoms with van der Waals surface area (Å²) in [6, 6.07) is 15.5. The van der Waals surface area contributed by atoms with Crippen LogP contribution in [0.2, 0.25) is 5.02 Å². The summed E-state index contributed by atoms with van der Waals surface area (Å²) in [6.45, 7) is 2.31. The van der Waals surface area contributed by atoms with Crippen molar-refractivity contribution >= 4 is 17.4 Å². The summed E-state index contributed by atoms with van der Waals surface area (Å²) in [6.07, 6.45) is 1.63. The molecular formula is C22H19ClN4O2. The molecule has 0 aliphatic rings. The van der Waals surface area contributed by atoms with Gasteiger partial charge in [-0.3, -0.25) is 0 Å². The molecule has 2 aromatic carbocycles. The SMILES string of the molecule is COCc1cc(-c2nc(-c3cnc(N)c(C)c3)no2)ccc1-c1ccccc1Cl. The Kier molecular flexibility index (Phi) is 5.29. The minimum absolute atomic E-state index is 0.414. The number of halogens is 1. The van der Waals surface area contributed by atoms with Gasteiger partial charge >= 0.3 is 0 Å². The molecule has 6 nitrogen and oxygen atoms in total. The predicted octanol–water partition coefficient (Wildman–Crippen LogP) is 5.16. The van der Waals surface area contributed by atoms with E-state index in [9.17, 15) is 0 Å². The highest BCUT2D eigenvalue weighted by Gasteiger charge is 2.15. The molecule has 2 heterocycles. The van der Waals surface area contributed by atoms with Crippen molar-refractivity contribution in [3.63, 3.8) is 0 Å². The Morgan fingerprint density at radius 2 is 1.90 bits per heavy atom. The van der Waals surface area contributed by atoms with Crippen LogP contribution in [0.3, 0.4) is 0 Å². The molecular weight excluding hydrogens is 388 g/mol. The molecule has 0 saturated heterocycles. The molecule has 0 saturated carbocycles. The quantitative estimate of drug-likeness (QED) is 0.492. The summed E-state index contributed by atoms with van der Waals surface area (Å²) in [5, 5.41) is 4.77. The predicted molar refractivity (Wildman–Crippen MR) is 113 cm³/mol. The maximum atomic E-state index is 6.39. The van der Waals surface area contributed by atoms with Crippen LogP contribution >= 0.6 is 11.6 Å². The fourth-order valence-corrected chi connectivity index (χ4v) is 3.35. The largest absolute Gasteiger partial charge is 0.383 e. The maximum Gasteiger partial charge on any atom is 0.258 e. The molecule has 7 heteroatoms. The average molecular weight is 407 g/mol. The van der Waals surface area contributed by atoms with E-state index in [1.807, 2.05) is 55.5 Å². The fourth-order valence-electron chi connectivity index (χ4n) is 3.11. The molecule has 0 aliphatic heterocycles. The van der Waals surface area contributed by atoms with Crippen LogP contribution in [0.5, 0.6) is 0 Å². The van der Waals surface area contributed by atoms with Gasteiger partial charge in [0.25, 0.3) is 5.89 Å². The van der Waals surface area contributed by atoms with Gasteiger partial charge in [-0.15, -0.1) is 0 Å². The smallest absolute Gasteiger partial charge is 0.258 e. The molecule has 0 fully saturated rings. The molecule has 2 aromatic heterocycles. The third-order valence-electron chi connectivity index (χ3n) is 4.62. The molecule has 4 rings (SSSR count). The maximum absolute atomic E-state index is 6.39. The first kappa shape index (κ1) is 19.1. The number of ether oxygens (including phenoxy) is 1. The van der Waals surface area contributed by atoms with Crippen LogP contribution in [0.4, 0.5) is 5.82 Å². The average Bonchev–Trinajstić information content (AvgIpc) is 3.21. The Morgan fingerprint density at radius 3 is 2.66 bits per heavy atom. The van der Waals surface area contributed by atoms with Gasteiger partial charge in [-0.1, -0.05) is 41.0 Å². The third-order valence-corrected chi connectivity index (χ3v) is 4.95. The highest BCUT2D eigenvalue weighted by atomic mass is 35.5. The second-order valence-electron chi connectivity index (χ2n) is 6.63. The summed E-state index contributed by atoms with van der Waals surface area (Å²) < 4.78 is 10.9. The van der Waals surface area contributed by atoms with E-state index in [0.717, 1.165) is 33.4 Å². The Balaban J connectivity index is 1.73. The van der Waals surface area contributed by atoms with Crippen molar-refractivity contribution in [3.05, 3.63) is 70.9 Å². The van der Waals surface area contributed by atoms with Gasteiger partial charge in [0, 0.05) is 35.0 Å². The molecule has 0 unspecified atom stereocenters. The van der Waals surface area contributed by atoms with Crippen LogP contribution < -0.4 is 5.73 Å². The van der Waals surface area contributed by atoms with E-state index in [1.54, 1.807) is 13.3 Å². The van der Waals surface area contributed by atoms with Crippen molar-refractivity contribution in [1.29, 1.82) is 0 Å². The summed E-state index contributed by atoms with van der Waals surface area (Å²) >= 11 is 6.39. The number of pyridine rings is 1. The van der Waals surface area contributed by atoms with Crippen LogP contribution in [0.1, 0.15) is 11.1 Å². The fraction of sp³-hybridized carbons (Fsp3) is 0.136. The molecule has 0 spiro atoms. The van der Waals surface area contributed by atoms with Gasteiger partial charge in [0.05, 0.1) is 6.61 Å². The van der Waals surface area contributed by atoms with Gasteiger partial charge in [-0.25, -0.2) is 4.98 Å². The standard InChI is InChI=1S/C22H19ClN4O2/c1-13-9-15(11-25-20(13)24)21-26-22(29-27-21)14-7-8-17(16(10-14)12-28-2)18-5-3-4-6-19(18)23/h3-11H,12H2,1-2H3,(H2,24,25). The van der Waals surface area contributed by atoms with Crippen molar-refractivity contribution in [2.24, 2.45) is 0 Å². The molecule has 146 valence electrons. The van der Waals surface area contributed by atoms with E-state index in [4.69, 9.17) is 26.6 Å². The van der Waals surface area contributed by atoms with Crippen LogP contribution in [-0.2, 0) is 11.3 Å². The van der Waals surface area contributed by atoms with Gasteiger partial charge < -0.3 is 15.0 Å². The van der Waals surface area contributed by atoms with E-state index < -0.39 is 0 Å². The Morgan fingerprint density at radius 1 is 1.07 bits per heavy atom. The number of benzene rings is 2. The summed E-state index contributed by atoms with van der Waals surface area (Å²) in [7, 11) is 1.66. The van der Waals surface area contributed by atoms with Crippen molar-refractivity contribution < 1.29 is 9.26 Å². The van der Waals surface area contributed by atoms with E-state index >= 15 is 0 Å². The second-order valence-corrected chi connectivity index (χ2v) is 7.04. The topological polar surface area (TPSA) is 87.1 Å². The van der Waals surface area contributed by atoms with Crippen LogP contribution in [0.25, 0.3) is 34.0 Å². The van der Waals surface area contributed by atoms with E-state index in [2.05, 4.69) is 15.1 Å². The highest BCUT2D eigenvalue weighted by molar-refractivity contribution is 6.33. The number of anilines is 1. The number of aryl methyl sites for hydroxylation is 1. The van der Waals surface area contributed by atoms with E-state index in [-0.39, 0.29) is 0 Å². The minimum atomic E-state index is 0.414. The number of rotatable bonds is 5. The highest BCUT2D eigenvalue weighted by Crippen LogP contribution is 2.33. The first-order chi connectivity index (χ1) is 14.1. The van der Waals surface area contributed by atoms with Crippen molar-refractivity contribution in [3.8, 4) is 34.0 Å². The van der Waals surface area contributed by atoms with Crippen molar-refractivity contribution in [2.45, 2.75) is 13.5 Å². The van der Waals surface area contributed by atoms with Gasteiger partial charge in [-0.05, 0) is 47.9 Å². The zero-order chi connectivity index (χ0) is 20.4. The zero-order valence-electron chi connectivity index (χ0n) is 16.0. The lowest BCUT2D eigenvalue weighted by Crippen LogP contribution is -1.95. The number of nitrogens with zero attached hydrogens (tertiary/aromatic N) is 3. The zero-order valence-corrected chi connectivity index (χ0v) is 16.8. The normalized spacial score (nSPS) is 11.0. The van der Waals surface area contributed by atoms with Gasteiger partial charge in [0.15, 0.2) is 0 Å². The van der Waals surface area contributed by atoms with Crippen molar-refractivity contribution in [2.75, 3.05) is 12.8 Å². The molecule has 2 N–H and O–H groups in total. The number of hydrogen-bond acceptors (Lipinski definition) is 6. The molecule has 0 amide bonds. The number of aromatic nitrogens is 3. The van der Waals surface area contributed by atoms with Crippen LogP contribution in [0, 0.1) is 6.92 Å². The number of methoxy groups -OCH3 is 1. The monoisotopic (exact) mass is 406 g/mol. The molecule has 0 atom stereocenters. The number of hydrogen-bond donors (Lipinski definition) is 1. The third kappa shape index (κ3) is 3.85. The van der Waals surface area contributed by atoms with Gasteiger partial charge in [-0.2, -0.15) is 4.98 Å². The molecule has 29 heavy (non-hydrogen) atoms. The van der Waals surface area contributed by atoms with Gasteiger partial charge in [0.2, 0.25) is 5.82 Å². The lowest BCUT2D eigenvalue weighted by atomic mass is 9.97. The van der Waals surface area contributed by atoms with Crippen LogP contribution in [-0.4, -0.2) is 22.2 Å². The molecule has 4 aromatic rings. The summed E-state index contributed by atoms with van der Waals surface area (Å²) in [4.78, 5) is 8.67. The lowest BCUT2D eigenvalue weighted by molar-refractivity contribution is 0.185. The van der Waals surface area contributed by atoms with E-state index in [1.165, 1.54) is 0 Å². The van der Waals surface area contributed by atoms with Crippen molar-refractivity contribution in [1.82, 2.24) is 15.1 Å². The molecule has 0 aliphatic carbocycles. The second kappa shape index (κ2) is 8.03. The first-order valence-corrected chi connectivity index (χ1v) is 9.38. The number of nitrogen functional groups attached to an aromatic ring is 1. The van der Waals surface area contributed by atoms with E-state index in [0.29, 0.717) is 29.2 Å². The van der Waals surface area contributed by atoms with Gasteiger partial charge in [0.1, 0.15) is 5.82 Å². The minimum Gasteiger partial charge on any atom is -0.383 e. The van der Waals surface area contributed by atoms with Crippen LogP contribution in [0.15, 0.2) is 59.3 Å². The summed E-state index contributed by atoms with van der Waals surface area (Å²) in [5.41, 5.74) is 11.1. The Labute approximate surface area is 173 Å². The lowest BCUT2D eigenvalue weighted by Gasteiger charge is -2.11. The molecule has 0 bridgehead atoms.